The SMILES string of the molecule is CC(=O)Oc1cnn2ccccc12. The lowest BCUT2D eigenvalue weighted by Crippen LogP contribution is -2.00. The maximum Gasteiger partial charge on any atom is 0.308 e. The number of hydrogen-bond donors (Lipinski definition) is 0. The van der Waals surface area contributed by atoms with E-state index in [2.05, 4.69) is 5.10 Å². The molecule has 0 unspecified atom stereocenters. The van der Waals surface area contributed by atoms with Crippen molar-refractivity contribution in [1.82, 2.24) is 9.61 Å². The number of hydrogen-bond acceptors (Lipinski definition) is 3. The van der Waals surface area contributed by atoms with Crippen LogP contribution in [0.4, 0.5) is 0 Å². The van der Waals surface area contributed by atoms with Crippen molar-refractivity contribution in [3.8, 4) is 5.75 Å². The fourth-order valence-corrected chi connectivity index (χ4v) is 1.14. The number of esters is 1. The van der Waals surface area contributed by atoms with Crippen LogP contribution in [0.15, 0.2) is 30.6 Å². The Labute approximate surface area is 74.7 Å². The van der Waals surface area contributed by atoms with Gasteiger partial charge in [-0.2, -0.15) is 5.10 Å². The zero-order valence-corrected chi connectivity index (χ0v) is 7.10. The third-order valence-electron chi connectivity index (χ3n) is 1.64. The summed E-state index contributed by atoms with van der Waals surface area (Å²) in [4.78, 5) is 10.7. The summed E-state index contributed by atoms with van der Waals surface area (Å²) in [7, 11) is 0. The molecule has 2 aromatic heterocycles. The number of ether oxygens (including phenoxy) is 1. The molecule has 0 atom stereocenters. The van der Waals surface area contributed by atoms with Gasteiger partial charge < -0.3 is 4.74 Å². The van der Waals surface area contributed by atoms with Crippen molar-refractivity contribution in [3.05, 3.63) is 30.6 Å². The predicted molar refractivity (Wildman–Crippen MR) is 46.5 cm³/mol. The topological polar surface area (TPSA) is 43.6 Å². The van der Waals surface area contributed by atoms with Crippen LogP contribution in [-0.4, -0.2) is 15.6 Å². The average Bonchev–Trinajstić information content (AvgIpc) is 2.48. The third kappa shape index (κ3) is 1.38. The van der Waals surface area contributed by atoms with Gasteiger partial charge >= 0.3 is 5.97 Å². The van der Waals surface area contributed by atoms with E-state index in [-0.39, 0.29) is 5.97 Å². The first-order valence-corrected chi connectivity index (χ1v) is 3.88. The Morgan fingerprint density at radius 2 is 2.38 bits per heavy atom. The highest BCUT2D eigenvalue weighted by Gasteiger charge is 2.05. The first-order chi connectivity index (χ1) is 6.27. The Morgan fingerprint density at radius 3 is 3.15 bits per heavy atom. The molecule has 0 radical (unpaired) electrons. The Hall–Kier alpha value is -1.84. The molecule has 0 N–H and O–H groups in total. The van der Waals surface area contributed by atoms with Gasteiger partial charge in [0.2, 0.25) is 0 Å². The molecule has 0 fully saturated rings. The van der Waals surface area contributed by atoms with Gasteiger partial charge in [0.1, 0.15) is 5.52 Å². The van der Waals surface area contributed by atoms with Crippen molar-refractivity contribution in [3.63, 3.8) is 0 Å². The van der Waals surface area contributed by atoms with Crippen LogP contribution in [-0.2, 0) is 4.79 Å². The van der Waals surface area contributed by atoms with Crippen molar-refractivity contribution in [1.29, 1.82) is 0 Å². The van der Waals surface area contributed by atoms with Crippen LogP contribution >= 0.6 is 0 Å². The Bertz CT molecular complexity index is 448. The minimum Gasteiger partial charge on any atom is -0.423 e. The fraction of sp³-hybridized carbons (Fsp3) is 0.111. The van der Waals surface area contributed by atoms with Crippen LogP contribution < -0.4 is 4.74 Å². The molecule has 2 aromatic rings. The summed E-state index contributed by atoms with van der Waals surface area (Å²) < 4.78 is 6.60. The van der Waals surface area contributed by atoms with E-state index in [9.17, 15) is 4.79 Å². The first kappa shape index (κ1) is 7.79. The molecule has 0 aliphatic carbocycles. The van der Waals surface area contributed by atoms with E-state index in [1.807, 2.05) is 18.2 Å². The molecule has 2 rings (SSSR count). The summed E-state index contributed by atoms with van der Waals surface area (Å²) in [5.74, 6) is 0.159. The lowest BCUT2D eigenvalue weighted by molar-refractivity contribution is -0.131. The predicted octanol–water partition coefficient (Wildman–Crippen LogP) is 1.26. The van der Waals surface area contributed by atoms with E-state index >= 15 is 0 Å². The molecule has 4 heteroatoms. The van der Waals surface area contributed by atoms with Gasteiger partial charge in [-0.25, -0.2) is 4.52 Å². The van der Waals surface area contributed by atoms with Gasteiger partial charge in [-0.05, 0) is 12.1 Å². The average molecular weight is 176 g/mol. The van der Waals surface area contributed by atoms with Gasteiger partial charge in [-0.15, -0.1) is 0 Å². The molecule has 0 aromatic carbocycles. The molecular weight excluding hydrogens is 168 g/mol. The number of rotatable bonds is 1. The number of nitrogens with zero attached hydrogens (tertiary/aromatic N) is 2. The van der Waals surface area contributed by atoms with E-state index in [4.69, 9.17) is 4.74 Å². The molecule has 0 saturated carbocycles. The molecule has 13 heavy (non-hydrogen) atoms. The number of carbonyl (C=O) groups excluding carboxylic acids is 1. The monoisotopic (exact) mass is 176 g/mol. The summed E-state index contributed by atoms with van der Waals surface area (Å²) in [6, 6.07) is 5.56. The number of pyridine rings is 1. The van der Waals surface area contributed by atoms with E-state index in [0.717, 1.165) is 5.52 Å². The third-order valence-corrected chi connectivity index (χ3v) is 1.64. The maximum absolute atomic E-state index is 10.7. The molecule has 0 amide bonds. The minimum absolute atomic E-state index is 0.334. The molecule has 2 heterocycles. The molecular formula is C9H8N2O2. The van der Waals surface area contributed by atoms with E-state index in [1.165, 1.54) is 13.1 Å². The molecule has 0 aliphatic heterocycles. The van der Waals surface area contributed by atoms with Gasteiger partial charge in [0.05, 0.1) is 6.20 Å². The van der Waals surface area contributed by atoms with Gasteiger partial charge in [-0.1, -0.05) is 6.07 Å². The van der Waals surface area contributed by atoms with Crippen molar-refractivity contribution in [2.45, 2.75) is 6.92 Å². The molecule has 0 saturated heterocycles. The Morgan fingerprint density at radius 1 is 1.54 bits per heavy atom. The Balaban J connectivity index is 2.51. The highest BCUT2D eigenvalue weighted by atomic mass is 16.5. The fourth-order valence-electron chi connectivity index (χ4n) is 1.14. The van der Waals surface area contributed by atoms with Gasteiger partial charge in [-0.3, -0.25) is 4.79 Å². The zero-order valence-electron chi connectivity index (χ0n) is 7.10. The molecule has 4 nitrogen and oxygen atoms in total. The van der Waals surface area contributed by atoms with E-state index < -0.39 is 0 Å². The van der Waals surface area contributed by atoms with Gasteiger partial charge in [0.15, 0.2) is 5.75 Å². The quantitative estimate of drug-likeness (QED) is 0.614. The van der Waals surface area contributed by atoms with Crippen molar-refractivity contribution >= 4 is 11.5 Å². The second-order valence-electron chi connectivity index (χ2n) is 2.63. The van der Waals surface area contributed by atoms with E-state index in [0.29, 0.717) is 5.75 Å². The van der Waals surface area contributed by atoms with Crippen LogP contribution in [0.3, 0.4) is 0 Å². The largest absolute Gasteiger partial charge is 0.423 e. The molecule has 0 spiro atoms. The van der Waals surface area contributed by atoms with Crippen LogP contribution in [0.25, 0.3) is 5.52 Å². The van der Waals surface area contributed by atoms with E-state index in [1.54, 1.807) is 10.7 Å². The Kier molecular flexibility index (Phi) is 1.73. The van der Waals surface area contributed by atoms with Crippen LogP contribution in [0.1, 0.15) is 6.92 Å². The van der Waals surface area contributed by atoms with Crippen molar-refractivity contribution < 1.29 is 9.53 Å². The van der Waals surface area contributed by atoms with Crippen LogP contribution in [0, 0.1) is 0 Å². The normalized spacial score (nSPS) is 10.2. The summed E-state index contributed by atoms with van der Waals surface area (Å²) in [5, 5.41) is 4.01. The lowest BCUT2D eigenvalue weighted by atomic mass is 10.4. The summed E-state index contributed by atoms with van der Waals surface area (Å²) in [6.45, 7) is 1.37. The summed E-state index contributed by atoms with van der Waals surface area (Å²) >= 11 is 0. The maximum atomic E-state index is 10.7. The zero-order chi connectivity index (χ0) is 9.26. The van der Waals surface area contributed by atoms with Crippen molar-refractivity contribution in [2.75, 3.05) is 0 Å². The van der Waals surface area contributed by atoms with Crippen molar-refractivity contribution in [2.24, 2.45) is 0 Å². The molecule has 0 aliphatic rings. The van der Waals surface area contributed by atoms with Gasteiger partial charge in [0, 0.05) is 13.1 Å². The van der Waals surface area contributed by atoms with Crippen LogP contribution in [0.2, 0.25) is 0 Å². The lowest BCUT2D eigenvalue weighted by Gasteiger charge is -1.96. The first-order valence-electron chi connectivity index (χ1n) is 3.88. The minimum atomic E-state index is -0.334. The smallest absolute Gasteiger partial charge is 0.308 e. The van der Waals surface area contributed by atoms with Crippen LogP contribution in [0.5, 0.6) is 5.75 Å². The molecule has 66 valence electrons. The summed E-state index contributed by atoms with van der Waals surface area (Å²) in [5.41, 5.74) is 0.790. The second kappa shape index (κ2) is 2.90. The highest BCUT2D eigenvalue weighted by Crippen LogP contribution is 2.18. The summed E-state index contributed by atoms with van der Waals surface area (Å²) in [6.07, 6.45) is 3.32. The second-order valence-corrected chi connectivity index (χ2v) is 2.63. The highest BCUT2D eigenvalue weighted by molar-refractivity contribution is 5.73. The number of carbonyl (C=O) groups is 1. The standard InChI is InChI=1S/C9H8N2O2/c1-7(12)13-9-6-10-11-5-3-2-4-8(9)11/h2-6H,1H3. The number of aromatic nitrogens is 2. The van der Waals surface area contributed by atoms with Gasteiger partial charge in [0.25, 0.3) is 0 Å². The molecule has 0 bridgehead atoms. The number of fused-ring (bicyclic) bond motifs is 1.